The van der Waals surface area contributed by atoms with Crippen molar-refractivity contribution in [1.82, 2.24) is 4.31 Å². The number of carbonyl (C=O) groups is 2. The minimum absolute atomic E-state index is 0.00947. The SMILES string of the molecule is CC(C)Oc1ccc(S(=O)(=O)N2CCN(c3ccc(NC(=O)c4ccccc4)c(OCC(=O)O)c3)CC2)cc1. The van der Waals surface area contributed by atoms with E-state index in [1.807, 2.05) is 18.7 Å². The molecular formula is C28H31N3O7S. The zero-order valence-corrected chi connectivity index (χ0v) is 22.6. The van der Waals surface area contributed by atoms with E-state index in [0.717, 1.165) is 5.69 Å². The highest BCUT2D eigenvalue weighted by Crippen LogP contribution is 2.32. The van der Waals surface area contributed by atoms with Gasteiger partial charge in [-0.1, -0.05) is 18.2 Å². The molecule has 0 radical (unpaired) electrons. The molecule has 0 aromatic heterocycles. The van der Waals surface area contributed by atoms with Crippen LogP contribution in [-0.4, -0.2) is 68.6 Å². The Bertz CT molecular complexity index is 1400. The molecule has 206 valence electrons. The van der Waals surface area contributed by atoms with Gasteiger partial charge in [-0.3, -0.25) is 4.79 Å². The highest BCUT2D eigenvalue weighted by molar-refractivity contribution is 7.89. The fourth-order valence-electron chi connectivity index (χ4n) is 4.15. The van der Waals surface area contributed by atoms with Crippen LogP contribution in [0.3, 0.4) is 0 Å². The largest absolute Gasteiger partial charge is 0.491 e. The maximum atomic E-state index is 13.2. The highest BCUT2D eigenvalue weighted by Gasteiger charge is 2.29. The van der Waals surface area contributed by atoms with E-state index in [1.54, 1.807) is 72.8 Å². The lowest BCUT2D eigenvalue weighted by molar-refractivity contribution is -0.139. The second-order valence-corrected chi connectivity index (χ2v) is 11.2. The van der Waals surface area contributed by atoms with Gasteiger partial charge in [0.25, 0.3) is 5.91 Å². The summed E-state index contributed by atoms with van der Waals surface area (Å²) in [4.78, 5) is 26.0. The van der Waals surface area contributed by atoms with Gasteiger partial charge in [-0.05, 0) is 62.4 Å². The number of rotatable bonds is 10. The summed E-state index contributed by atoms with van der Waals surface area (Å²) in [5.41, 5.74) is 1.51. The molecule has 0 saturated carbocycles. The Morgan fingerprint density at radius 2 is 1.62 bits per heavy atom. The number of carboxylic acid groups (broad SMARTS) is 1. The van der Waals surface area contributed by atoms with E-state index < -0.39 is 22.6 Å². The molecule has 3 aromatic carbocycles. The maximum absolute atomic E-state index is 13.2. The molecule has 1 amide bonds. The Balaban J connectivity index is 1.46. The zero-order chi connectivity index (χ0) is 28.0. The first kappa shape index (κ1) is 27.9. The van der Waals surface area contributed by atoms with E-state index in [-0.39, 0.29) is 35.7 Å². The average Bonchev–Trinajstić information content (AvgIpc) is 2.93. The molecule has 39 heavy (non-hydrogen) atoms. The number of ether oxygens (including phenoxy) is 2. The van der Waals surface area contributed by atoms with Crippen LogP contribution in [0.4, 0.5) is 11.4 Å². The Labute approximate surface area is 227 Å². The maximum Gasteiger partial charge on any atom is 0.341 e. The molecule has 10 nitrogen and oxygen atoms in total. The Morgan fingerprint density at radius 3 is 2.23 bits per heavy atom. The standard InChI is InChI=1S/C28H31N3O7S/c1-20(2)38-23-9-11-24(12-10-23)39(35,36)31-16-14-30(15-17-31)22-8-13-25(26(18-22)37-19-27(32)33)29-28(34)21-6-4-3-5-7-21/h3-13,18,20H,14-17,19H2,1-2H3,(H,29,34)(H,32,33). The van der Waals surface area contributed by atoms with E-state index >= 15 is 0 Å². The van der Waals surface area contributed by atoms with Crippen molar-refractivity contribution in [2.24, 2.45) is 0 Å². The fourth-order valence-corrected chi connectivity index (χ4v) is 5.57. The van der Waals surface area contributed by atoms with E-state index in [0.29, 0.717) is 30.1 Å². The third kappa shape index (κ3) is 7.06. The predicted molar refractivity (Wildman–Crippen MR) is 147 cm³/mol. The van der Waals surface area contributed by atoms with Crippen LogP contribution in [0, 0.1) is 0 Å². The number of nitrogens with zero attached hydrogens (tertiary/aromatic N) is 2. The molecule has 3 aromatic rings. The second-order valence-electron chi connectivity index (χ2n) is 9.21. The molecule has 0 atom stereocenters. The summed E-state index contributed by atoms with van der Waals surface area (Å²) in [6.45, 7) is 4.60. The summed E-state index contributed by atoms with van der Waals surface area (Å²) in [6, 6.07) is 20.1. The van der Waals surface area contributed by atoms with Gasteiger partial charge < -0.3 is 24.8 Å². The predicted octanol–water partition coefficient (Wildman–Crippen LogP) is 3.70. The van der Waals surface area contributed by atoms with Crippen LogP contribution in [0.15, 0.2) is 77.7 Å². The average molecular weight is 554 g/mol. The summed E-state index contributed by atoms with van der Waals surface area (Å²) in [5.74, 6) is -0.689. The lowest BCUT2D eigenvalue weighted by Gasteiger charge is -2.35. The third-order valence-corrected chi connectivity index (χ3v) is 7.95. The molecule has 0 spiro atoms. The van der Waals surface area contributed by atoms with Crippen molar-refractivity contribution in [3.05, 3.63) is 78.4 Å². The van der Waals surface area contributed by atoms with Gasteiger partial charge in [-0.2, -0.15) is 4.31 Å². The first-order chi connectivity index (χ1) is 18.6. The van der Waals surface area contributed by atoms with Crippen LogP contribution in [0.2, 0.25) is 0 Å². The van der Waals surface area contributed by atoms with Crippen molar-refractivity contribution < 1.29 is 32.6 Å². The number of aliphatic carboxylic acids is 1. The van der Waals surface area contributed by atoms with Crippen LogP contribution in [0.25, 0.3) is 0 Å². The van der Waals surface area contributed by atoms with Crippen LogP contribution in [0.5, 0.6) is 11.5 Å². The number of amides is 1. The van der Waals surface area contributed by atoms with Crippen LogP contribution >= 0.6 is 0 Å². The van der Waals surface area contributed by atoms with Crippen molar-refractivity contribution in [1.29, 1.82) is 0 Å². The van der Waals surface area contributed by atoms with Crippen LogP contribution in [-0.2, 0) is 14.8 Å². The molecule has 1 saturated heterocycles. The number of nitrogens with one attached hydrogen (secondary N) is 1. The van der Waals surface area contributed by atoms with E-state index in [1.165, 1.54) is 4.31 Å². The first-order valence-electron chi connectivity index (χ1n) is 12.5. The summed E-state index contributed by atoms with van der Waals surface area (Å²) in [5, 5.41) is 11.9. The molecule has 11 heteroatoms. The summed E-state index contributed by atoms with van der Waals surface area (Å²) >= 11 is 0. The molecule has 1 aliphatic heterocycles. The van der Waals surface area contributed by atoms with Gasteiger partial charge in [0.05, 0.1) is 16.7 Å². The van der Waals surface area contributed by atoms with Gasteiger partial charge in [0.15, 0.2) is 6.61 Å². The van der Waals surface area contributed by atoms with E-state index in [2.05, 4.69) is 5.32 Å². The Morgan fingerprint density at radius 1 is 0.949 bits per heavy atom. The van der Waals surface area contributed by atoms with Crippen molar-refractivity contribution >= 4 is 33.3 Å². The van der Waals surface area contributed by atoms with Gasteiger partial charge in [-0.15, -0.1) is 0 Å². The van der Waals surface area contributed by atoms with Crippen LogP contribution in [0.1, 0.15) is 24.2 Å². The quantitative estimate of drug-likeness (QED) is 0.389. The highest BCUT2D eigenvalue weighted by atomic mass is 32.2. The molecule has 2 N–H and O–H groups in total. The van der Waals surface area contributed by atoms with Crippen molar-refractivity contribution in [2.75, 3.05) is 43.0 Å². The molecule has 0 bridgehead atoms. The normalized spacial score (nSPS) is 14.2. The fraction of sp³-hybridized carbons (Fsp3) is 0.286. The number of sulfonamides is 1. The molecule has 1 fully saturated rings. The smallest absolute Gasteiger partial charge is 0.341 e. The van der Waals surface area contributed by atoms with Gasteiger partial charge in [0.1, 0.15) is 11.5 Å². The first-order valence-corrected chi connectivity index (χ1v) is 13.9. The molecule has 1 aliphatic rings. The lowest BCUT2D eigenvalue weighted by Crippen LogP contribution is -2.48. The van der Waals surface area contributed by atoms with Crippen molar-refractivity contribution in [3.8, 4) is 11.5 Å². The number of benzene rings is 3. The summed E-state index contributed by atoms with van der Waals surface area (Å²) in [6.07, 6.45) is -0.00947. The minimum Gasteiger partial charge on any atom is -0.491 e. The number of carbonyl (C=O) groups excluding carboxylic acids is 1. The van der Waals surface area contributed by atoms with Crippen molar-refractivity contribution in [2.45, 2.75) is 24.8 Å². The number of carboxylic acids is 1. The Kier molecular flexibility index (Phi) is 8.72. The lowest BCUT2D eigenvalue weighted by atomic mass is 10.2. The third-order valence-electron chi connectivity index (χ3n) is 6.04. The number of hydrogen-bond acceptors (Lipinski definition) is 7. The molecule has 4 rings (SSSR count). The Hall–Kier alpha value is -4.09. The molecule has 1 heterocycles. The number of piperazine rings is 1. The minimum atomic E-state index is -3.67. The van der Waals surface area contributed by atoms with Crippen molar-refractivity contribution in [3.63, 3.8) is 0 Å². The molecule has 0 unspecified atom stereocenters. The second kappa shape index (κ2) is 12.2. The number of hydrogen-bond donors (Lipinski definition) is 2. The summed E-state index contributed by atoms with van der Waals surface area (Å²) < 4.78 is 38.9. The van der Waals surface area contributed by atoms with Gasteiger partial charge >= 0.3 is 5.97 Å². The van der Waals surface area contributed by atoms with Gasteiger partial charge in [0.2, 0.25) is 10.0 Å². The molecular weight excluding hydrogens is 522 g/mol. The van der Waals surface area contributed by atoms with Gasteiger partial charge in [-0.25, -0.2) is 13.2 Å². The molecule has 0 aliphatic carbocycles. The van der Waals surface area contributed by atoms with E-state index in [4.69, 9.17) is 14.6 Å². The monoisotopic (exact) mass is 553 g/mol. The van der Waals surface area contributed by atoms with Crippen LogP contribution < -0.4 is 19.7 Å². The van der Waals surface area contributed by atoms with Gasteiger partial charge in [0, 0.05) is 43.5 Å². The number of anilines is 2. The van der Waals surface area contributed by atoms with E-state index in [9.17, 15) is 18.0 Å². The topological polar surface area (TPSA) is 125 Å². The zero-order valence-electron chi connectivity index (χ0n) is 21.7. The summed E-state index contributed by atoms with van der Waals surface area (Å²) in [7, 11) is -3.67.